The van der Waals surface area contributed by atoms with E-state index in [1.54, 1.807) is 24.6 Å². The molecule has 6 aromatic rings. The number of phenolic OH excluding ortho intramolecular Hbond substituents is 2. The molecule has 0 radical (unpaired) electrons. The van der Waals surface area contributed by atoms with E-state index in [0.29, 0.717) is 17.0 Å². The molecule has 0 bridgehead atoms. The molecule has 0 saturated carbocycles. The number of hydrogen-bond donors (Lipinski definition) is 2. The first kappa shape index (κ1) is 23.0. The number of aromatic nitrogens is 3. The molecule has 0 aliphatic carbocycles. The molecule has 0 spiro atoms. The lowest BCUT2D eigenvalue weighted by atomic mass is 10.0. The molecule has 6 rings (SSSR count). The van der Waals surface area contributed by atoms with Crippen LogP contribution < -0.4 is 0 Å². The minimum absolute atomic E-state index is 0.106. The first-order valence-electron chi connectivity index (χ1n) is 12.0. The highest BCUT2D eigenvalue weighted by atomic mass is 16.3. The van der Waals surface area contributed by atoms with Crippen LogP contribution in [0.1, 0.15) is 11.1 Å². The van der Waals surface area contributed by atoms with Gasteiger partial charge >= 0.3 is 0 Å². The smallest absolute Gasteiger partial charge is 0.254 e. The minimum Gasteiger partial charge on any atom is -0.507 e. The van der Waals surface area contributed by atoms with Crippen molar-refractivity contribution in [1.82, 2.24) is 15.0 Å². The van der Waals surface area contributed by atoms with E-state index < -0.39 is 0 Å². The topological polar surface area (TPSA) is 104 Å². The normalized spacial score (nSPS) is 11.7. The lowest BCUT2D eigenvalue weighted by Crippen LogP contribution is -1.94. The van der Waals surface area contributed by atoms with Gasteiger partial charge < -0.3 is 10.2 Å². The fourth-order valence-electron chi connectivity index (χ4n) is 4.27. The summed E-state index contributed by atoms with van der Waals surface area (Å²) < 4.78 is 0. The Bertz CT molecular complexity index is 1740. The maximum Gasteiger partial charge on any atom is 0.254 e. The third-order valence-electron chi connectivity index (χ3n) is 6.16. The van der Waals surface area contributed by atoms with E-state index in [2.05, 4.69) is 24.9 Å². The van der Waals surface area contributed by atoms with E-state index in [-0.39, 0.29) is 23.4 Å². The molecule has 0 atom stereocenters. The van der Waals surface area contributed by atoms with Crippen LogP contribution in [0.2, 0.25) is 0 Å². The third-order valence-corrected chi connectivity index (χ3v) is 6.16. The second kappa shape index (κ2) is 9.91. The van der Waals surface area contributed by atoms with Crippen molar-refractivity contribution in [2.24, 2.45) is 9.98 Å². The largest absolute Gasteiger partial charge is 0.507 e. The highest BCUT2D eigenvalue weighted by Gasteiger charge is 2.10. The number of phenols is 2. The van der Waals surface area contributed by atoms with Crippen molar-refractivity contribution in [3.8, 4) is 22.9 Å². The standard InChI is InChI=1S/C31H21N5O2/c37-27-16-14-20-8-4-6-12-23(20)25(27)18-32-30-34-29(22-10-2-1-3-11-22)35-31(36-30)33-19-26-24-13-7-5-9-21(24)15-17-28(26)38/h1-19,37-38H. The zero-order chi connectivity index (χ0) is 25.9. The van der Waals surface area contributed by atoms with E-state index in [1.165, 1.54) is 0 Å². The van der Waals surface area contributed by atoms with Crippen molar-refractivity contribution in [3.05, 3.63) is 114 Å². The predicted octanol–water partition coefficient (Wildman–Crippen LogP) is 6.76. The number of benzene rings is 5. The van der Waals surface area contributed by atoms with E-state index in [9.17, 15) is 10.2 Å². The van der Waals surface area contributed by atoms with Crippen LogP contribution >= 0.6 is 0 Å². The molecule has 0 aliphatic heterocycles. The molecule has 1 heterocycles. The van der Waals surface area contributed by atoms with Gasteiger partial charge in [-0.1, -0.05) is 91.0 Å². The van der Waals surface area contributed by atoms with Gasteiger partial charge in [-0.05, 0) is 33.7 Å². The number of fused-ring (bicyclic) bond motifs is 2. The van der Waals surface area contributed by atoms with E-state index in [4.69, 9.17) is 0 Å². The number of aromatic hydroxyl groups is 2. The molecule has 0 amide bonds. The van der Waals surface area contributed by atoms with Crippen LogP contribution in [0.15, 0.2) is 113 Å². The number of aliphatic imine (C=N–C) groups is 2. The predicted molar refractivity (Wildman–Crippen MR) is 151 cm³/mol. The maximum absolute atomic E-state index is 10.5. The molecule has 0 aliphatic rings. The van der Waals surface area contributed by atoms with Gasteiger partial charge in [-0.25, -0.2) is 9.98 Å². The van der Waals surface area contributed by atoms with Gasteiger partial charge in [-0.3, -0.25) is 0 Å². The van der Waals surface area contributed by atoms with Gasteiger partial charge in [-0.2, -0.15) is 15.0 Å². The summed E-state index contributed by atoms with van der Waals surface area (Å²) in [5, 5.41) is 24.7. The number of nitrogens with zero attached hydrogens (tertiary/aromatic N) is 5. The van der Waals surface area contributed by atoms with Gasteiger partial charge in [0.1, 0.15) is 11.5 Å². The molecule has 7 nitrogen and oxygen atoms in total. The van der Waals surface area contributed by atoms with Crippen LogP contribution in [0, 0.1) is 0 Å². The van der Waals surface area contributed by atoms with Crippen LogP contribution in [0.3, 0.4) is 0 Å². The first-order valence-corrected chi connectivity index (χ1v) is 12.0. The van der Waals surface area contributed by atoms with E-state index in [1.807, 2.05) is 91.0 Å². The maximum atomic E-state index is 10.5. The van der Waals surface area contributed by atoms with Crippen molar-refractivity contribution in [1.29, 1.82) is 0 Å². The van der Waals surface area contributed by atoms with E-state index in [0.717, 1.165) is 27.1 Å². The van der Waals surface area contributed by atoms with E-state index >= 15 is 0 Å². The lowest BCUT2D eigenvalue weighted by Gasteiger charge is -2.06. The molecule has 182 valence electrons. The second-order valence-corrected chi connectivity index (χ2v) is 8.58. The Labute approximate surface area is 218 Å². The van der Waals surface area contributed by atoms with Crippen molar-refractivity contribution in [2.75, 3.05) is 0 Å². The number of hydrogen-bond acceptors (Lipinski definition) is 7. The Morgan fingerprint density at radius 1 is 0.500 bits per heavy atom. The summed E-state index contributed by atoms with van der Waals surface area (Å²) in [6, 6.07) is 32.0. The summed E-state index contributed by atoms with van der Waals surface area (Å²) in [6.45, 7) is 0. The highest BCUT2D eigenvalue weighted by Crippen LogP contribution is 2.28. The molecule has 5 aromatic carbocycles. The molecule has 1 aromatic heterocycles. The average molecular weight is 496 g/mol. The molecular formula is C31H21N5O2. The van der Waals surface area contributed by atoms with Crippen molar-refractivity contribution >= 4 is 45.9 Å². The first-order chi connectivity index (χ1) is 18.7. The van der Waals surface area contributed by atoms with Gasteiger partial charge in [0.15, 0.2) is 5.82 Å². The number of rotatable bonds is 5. The zero-order valence-electron chi connectivity index (χ0n) is 20.1. The van der Waals surface area contributed by atoms with Crippen LogP contribution in [-0.4, -0.2) is 37.6 Å². The van der Waals surface area contributed by atoms with Crippen LogP contribution in [0.5, 0.6) is 11.5 Å². The Morgan fingerprint density at radius 2 is 0.974 bits per heavy atom. The summed E-state index contributed by atoms with van der Waals surface area (Å²) in [6.07, 6.45) is 3.09. The van der Waals surface area contributed by atoms with Gasteiger partial charge in [-0.15, -0.1) is 0 Å². The van der Waals surface area contributed by atoms with Crippen molar-refractivity contribution in [3.63, 3.8) is 0 Å². The summed E-state index contributed by atoms with van der Waals surface area (Å²) in [7, 11) is 0. The molecule has 0 fully saturated rings. The molecule has 2 N–H and O–H groups in total. The van der Waals surface area contributed by atoms with Gasteiger partial charge in [0.05, 0.1) is 0 Å². The average Bonchev–Trinajstić information content (AvgIpc) is 2.96. The third kappa shape index (κ3) is 4.56. The monoisotopic (exact) mass is 495 g/mol. The second-order valence-electron chi connectivity index (χ2n) is 8.58. The van der Waals surface area contributed by atoms with Crippen LogP contribution in [-0.2, 0) is 0 Å². The van der Waals surface area contributed by atoms with Gasteiger partial charge in [0.2, 0.25) is 0 Å². The molecular weight excluding hydrogens is 474 g/mol. The van der Waals surface area contributed by atoms with Crippen molar-refractivity contribution in [2.45, 2.75) is 0 Å². The zero-order valence-corrected chi connectivity index (χ0v) is 20.1. The minimum atomic E-state index is 0.106. The lowest BCUT2D eigenvalue weighted by molar-refractivity contribution is 0.475. The molecule has 0 saturated heterocycles. The summed E-state index contributed by atoms with van der Waals surface area (Å²) in [5.41, 5.74) is 1.91. The van der Waals surface area contributed by atoms with Gasteiger partial charge in [0, 0.05) is 29.1 Å². The molecule has 7 heteroatoms. The fraction of sp³-hybridized carbons (Fsp3) is 0. The SMILES string of the molecule is Oc1ccc2ccccc2c1C=Nc1nc(N=Cc2c(O)ccc3ccccc23)nc(-c2ccccc2)n1. The Morgan fingerprint density at radius 3 is 1.50 bits per heavy atom. The highest BCUT2D eigenvalue weighted by molar-refractivity contribution is 6.03. The summed E-state index contributed by atoms with van der Waals surface area (Å²) in [5.74, 6) is 0.897. The summed E-state index contributed by atoms with van der Waals surface area (Å²) in [4.78, 5) is 22.5. The molecule has 38 heavy (non-hydrogen) atoms. The Kier molecular flexibility index (Phi) is 6.00. The van der Waals surface area contributed by atoms with Crippen LogP contribution in [0.4, 0.5) is 11.9 Å². The van der Waals surface area contributed by atoms with Crippen LogP contribution in [0.25, 0.3) is 32.9 Å². The Hall–Kier alpha value is -5.43. The fourth-order valence-corrected chi connectivity index (χ4v) is 4.27. The summed E-state index contributed by atoms with van der Waals surface area (Å²) >= 11 is 0. The quantitative estimate of drug-likeness (QED) is 0.257. The van der Waals surface area contributed by atoms with Gasteiger partial charge in [0.25, 0.3) is 11.9 Å². The van der Waals surface area contributed by atoms with Crippen molar-refractivity contribution < 1.29 is 10.2 Å². The Balaban J connectivity index is 1.45. The molecule has 0 unspecified atom stereocenters.